The smallest absolute Gasteiger partial charge is 0.252 e. The number of benzene rings is 1. The van der Waals surface area contributed by atoms with Gasteiger partial charge in [-0.3, -0.25) is 19.5 Å². The third-order valence-electron chi connectivity index (χ3n) is 4.67. The molecule has 6 nitrogen and oxygen atoms in total. The molecule has 2 N–H and O–H groups in total. The highest BCUT2D eigenvalue weighted by Crippen LogP contribution is 2.28. The highest BCUT2D eigenvalue weighted by Gasteiger charge is 2.24. The minimum atomic E-state index is -0.0566. The Bertz CT molecular complexity index is 775. The van der Waals surface area contributed by atoms with Gasteiger partial charge >= 0.3 is 0 Å². The van der Waals surface area contributed by atoms with E-state index in [2.05, 4.69) is 22.5 Å². The van der Waals surface area contributed by atoms with Gasteiger partial charge in [-0.2, -0.15) is 0 Å². The summed E-state index contributed by atoms with van der Waals surface area (Å²) in [5.74, 6) is -0.0566. The highest BCUT2D eigenvalue weighted by molar-refractivity contribution is 6.07. The van der Waals surface area contributed by atoms with Crippen molar-refractivity contribution in [2.75, 3.05) is 26.2 Å². The average molecular weight is 340 g/mol. The number of carbonyl (C=O) groups excluding carboxylic acids is 2. The highest BCUT2D eigenvalue weighted by atomic mass is 16.1. The van der Waals surface area contributed by atoms with Gasteiger partial charge in [-0.05, 0) is 19.0 Å². The Morgan fingerprint density at radius 2 is 2.16 bits per heavy atom. The Morgan fingerprint density at radius 3 is 2.96 bits per heavy atom. The number of hydrogen-bond donors (Lipinski definition) is 2. The summed E-state index contributed by atoms with van der Waals surface area (Å²) >= 11 is 0. The summed E-state index contributed by atoms with van der Waals surface area (Å²) in [6.45, 7) is 5.93. The molecule has 1 aliphatic rings. The lowest BCUT2D eigenvalue weighted by molar-refractivity contribution is -0.109. The molecule has 2 aromatic rings. The third-order valence-corrected chi connectivity index (χ3v) is 4.67. The van der Waals surface area contributed by atoms with E-state index >= 15 is 0 Å². The number of para-hydroxylation sites is 1. The van der Waals surface area contributed by atoms with Gasteiger partial charge in [0.05, 0.1) is 11.1 Å². The fraction of sp³-hybridized carbons (Fsp3) is 0.421. The Labute approximate surface area is 147 Å². The number of hydrogen-bond acceptors (Lipinski definition) is 4. The second-order valence-electron chi connectivity index (χ2n) is 6.23. The van der Waals surface area contributed by atoms with Crippen molar-refractivity contribution < 1.29 is 9.59 Å². The maximum Gasteiger partial charge on any atom is 0.252 e. The molecule has 0 saturated heterocycles. The molecule has 0 spiro atoms. The number of nitrogens with one attached hydrogen (secondary N) is 2. The lowest BCUT2D eigenvalue weighted by atomic mass is 9.95. The number of nitrogens with zero attached hydrogens (tertiary/aromatic N) is 2. The zero-order valence-corrected chi connectivity index (χ0v) is 14.5. The van der Waals surface area contributed by atoms with Crippen LogP contribution in [0.3, 0.4) is 0 Å². The second kappa shape index (κ2) is 8.07. The molecule has 132 valence electrons. The van der Waals surface area contributed by atoms with Gasteiger partial charge in [0.15, 0.2) is 0 Å². The maximum absolute atomic E-state index is 12.9. The van der Waals surface area contributed by atoms with Crippen LogP contribution in [0.2, 0.25) is 0 Å². The van der Waals surface area contributed by atoms with Crippen molar-refractivity contribution in [1.29, 1.82) is 0 Å². The van der Waals surface area contributed by atoms with Crippen molar-refractivity contribution in [3.05, 3.63) is 41.1 Å². The minimum Gasteiger partial charge on any atom is -0.359 e. The van der Waals surface area contributed by atoms with Crippen molar-refractivity contribution in [1.82, 2.24) is 20.5 Å². The summed E-state index contributed by atoms with van der Waals surface area (Å²) in [7, 11) is 0. The summed E-state index contributed by atoms with van der Waals surface area (Å²) in [5.41, 5.74) is 3.72. The van der Waals surface area contributed by atoms with Crippen LogP contribution in [0.1, 0.15) is 35.0 Å². The molecular formula is C19H24N4O2. The number of pyridine rings is 1. The minimum absolute atomic E-state index is 0.0566. The first kappa shape index (κ1) is 17.4. The van der Waals surface area contributed by atoms with E-state index in [0.717, 1.165) is 53.8 Å². The van der Waals surface area contributed by atoms with E-state index in [-0.39, 0.29) is 5.91 Å². The van der Waals surface area contributed by atoms with Crippen LogP contribution in [-0.4, -0.2) is 48.4 Å². The first-order valence-corrected chi connectivity index (χ1v) is 8.82. The van der Waals surface area contributed by atoms with Crippen LogP contribution in [0.25, 0.3) is 10.9 Å². The van der Waals surface area contributed by atoms with Crippen LogP contribution in [0.4, 0.5) is 0 Å². The predicted octanol–water partition coefficient (Wildman–Crippen LogP) is 1.48. The summed E-state index contributed by atoms with van der Waals surface area (Å²) in [6.07, 6.45) is 2.25. The molecule has 1 aliphatic heterocycles. The lowest BCUT2D eigenvalue weighted by Gasteiger charge is -2.29. The lowest BCUT2D eigenvalue weighted by Crippen LogP contribution is -2.34. The molecule has 25 heavy (non-hydrogen) atoms. The Hall–Kier alpha value is -2.47. The van der Waals surface area contributed by atoms with E-state index < -0.39 is 0 Å². The second-order valence-corrected chi connectivity index (χ2v) is 6.23. The van der Waals surface area contributed by atoms with Crippen LogP contribution >= 0.6 is 0 Å². The standard InChI is InChI=1S/C19H24N4O2/c1-2-23-11-8-17-15(12-23)18(14-6-3-4-7-16(14)22-17)19(25)21-10-5-9-20-13-24/h3-4,6-7,13H,2,5,8-12H2,1H3,(H,20,24)(H,21,25). The number of fused-ring (bicyclic) bond motifs is 2. The van der Waals surface area contributed by atoms with Crippen LogP contribution in [0, 0.1) is 0 Å². The van der Waals surface area contributed by atoms with E-state index in [1.807, 2.05) is 24.3 Å². The van der Waals surface area contributed by atoms with E-state index in [1.54, 1.807) is 0 Å². The average Bonchev–Trinajstić information content (AvgIpc) is 2.65. The monoisotopic (exact) mass is 340 g/mol. The zero-order valence-electron chi connectivity index (χ0n) is 14.5. The molecular weight excluding hydrogens is 316 g/mol. The third kappa shape index (κ3) is 3.79. The first-order chi connectivity index (χ1) is 12.2. The van der Waals surface area contributed by atoms with E-state index in [1.165, 1.54) is 0 Å². The summed E-state index contributed by atoms with van der Waals surface area (Å²) in [6, 6.07) is 7.83. The number of amides is 2. The van der Waals surface area contributed by atoms with Crippen LogP contribution in [0.5, 0.6) is 0 Å². The fourth-order valence-electron chi connectivity index (χ4n) is 3.32. The predicted molar refractivity (Wildman–Crippen MR) is 97.4 cm³/mol. The number of carbonyl (C=O) groups is 2. The van der Waals surface area contributed by atoms with Gasteiger partial charge in [0.1, 0.15) is 0 Å². The number of rotatable bonds is 7. The first-order valence-electron chi connectivity index (χ1n) is 8.82. The molecule has 0 radical (unpaired) electrons. The zero-order chi connectivity index (χ0) is 17.6. The van der Waals surface area contributed by atoms with Crippen molar-refractivity contribution in [2.45, 2.75) is 26.3 Å². The van der Waals surface area contributed by atoms with Crippen LogP contribution < -0.4 is 10.6 Å². The van der Waals surface area contributed by atoms with Crippen LogP contribution in [-0.2, 0) is 17.8 Å². The number of likely N-dealkylation sites (N-methyl/N-ethyl adjacent to an activating group) is 1. The molecule has 0 saturated carbocycles. The molecule has 3 rings (SSSR count). The van der Waals surface area contributed by atoms with Crippen LogP contribution in [0.15, 0.2) is 24.3 Å². The van der Waals surface area contributed by atoms with Gasteiger partial charge in [-0.25, -0.2) is 0 Å². The summed E-state index contributed by atoms with van der Waals surface area (Å²) in [5, 5.41) is 6.50. The van der Waals surface area contributed by atoms with Crippen molar-refractivity contribution in [3.63, 3.8) is 0 Å². The maximum atomic E-state index is 12.9. The Balaban J connectivity index is 1.91. The normalized spacial score (nSPS) is 14.1. The van der Waals surface area contributed by atoms with Gasteiger partial charge < -0.3 is 10.6 Å². The molecule has 1 aromatic heterocycles. The Morgan fingerprint density at radius 1 is 1.32 bits per heavy atom. The molecule has 0 fully saturated rings. The molecule has 6 heteroatoms. The van der Waals surface area contributed by atoms with E-state index in [0.29, 0.717) is 25.9 Å². The van der Waals surface area contributed by atoms with Crippen molar-refractivity contribution in [3.8, 4) is 0 Å². The van der Waals surface area contributed by atoms with Crippen molar-refractivity contribution in [2.24, 2.45) is 0 Å². The molecule has 0 aliphatic carbocycles. The van der Waals surface area contributed by atoms with Gasteiger partial charge in [0.25, 0.3) is 5.91 Å². The van der Waals surface area contributed by atoms with Gasteiger partial charge in [-0.1, -0.05) is 25.1 Å². The molecule has 0 bridgehead atoms. The van der Waals surface area contributed by atoms with Gasteiger partial charge in [0.2, 0.25) is 6.41 Å². The van der Waals surface area contributed by atoms with E-state index in [4.69, 9.17) is 4.98 Å². The molecule has 2 amide bonds. The number of aromatic nitrogens is 1. The topological polar surface area (TPSA) is 74.3 Å². The fourth-order valence-corrected chi connectivity index (χ4v) is 3.32. The van der Waals surface area contributed by atoms with Gasteiger partial charge in [0, 0.05) is 49.2 Å². The molecule has 2 heterocycles. The summed E-state index contributed by atoms with van der Waals surface area (Å²) in [4.78, 5) is 30.3. The molecule has 0 atom stereocenters. The quantitative estimate of drug-likeness (QED) is 0.591. The largest absolute Gasteiger partial charge is 0.359 e. The molecule has 0 unspecified atom stereocenters. The van der Waals surface area contributed by atoms with Crippen molar-refractivity contribution >= 4 is 23.2 Å². The summed E-state index contributed by atoms with van der Waals surface area (Å²) < 4.78 is 0. The SMILES string of the molecule is CCN1CCc2nc3ccccc3c(C(=O)NCCCNC=O)c2C1. The molecule has 1 aromatic carbocycles. The van der Waals surface area contributed by atoms with E-state index in [9.17, 15) is 9.59 Å². The Kier molecular flexibility index (Phi) is 5.60. The van der Waals surface area contributed by atoms with Gasteiger partial charge in [-0.15, -0.1) is 0 Å².